The monoisotopic (exact) mass is 217 g/mol. The van der Waals surface area contributed by atoms with Gasteiger partial charge in [-0.25, -0.2) is 5.01 Å². The van der Waals surface area contributed by atoms with E-state index in [0.717, 1.165) is 19.6 Å². The first kappa shape index (κ1) is 11.7. The van der Waals surface area contributed by atoms with Gasteiger partial charge in [-0.2, -0.15) is 0 Å². The third-order valence-electron chi connectivity index (χ3n) is 2.21. The molecule has 1 fully saturated rings. The molecule has 0 spiro atoms. The third-order valence-corrected chi connectivity index (χ3v) is 2.44. The topological polar surface area (TPSA) is 36.5 Å². The number of nitrogens with one attached hydrogen (secondary N) is 2. The normalized spacial score (nSPS) is 17.8. The molecule has 4 nitrogen and oxygen atoms in total. The zero-order valence-electron chi connectivity index (χ0n) is 8.71. The van der Waals surface area contributed by atoms with Crippen molar-refractivity contribution in [2.75, 3.05) is 33.4 Å². The summed E-state index contributed by atoms with van der Waals surface area (Å²) in [6, 6.07) is 0. The van der Waals surface area contributed by atoms with Crippen molar-refractivity contribution in [3.05, 3.63) is 0 Å². The molecule has 1 heterocycles. The molecule has 0 radical (unpaired) electrons. The van der Waals surface area contributed by atoms with Gasteiger partial charge in [0.05, 0.1) is 6.61 Å². The van der Waals surface area contributed by atoms with E-state index < -0.39 is 0 Å². The molecule has 0 aromatic rings. The average molecular weight is 217 g/mol. The number of methoxy groups -OCH3 is 1. The van der Waals surface area contributed by atoms with Gasteiger partial charge >= 0.3 is 0 Å². The van der Waals surface area contributed by atoms with Gasteiger partial charge in [0.2, 0.25) is 0 Å². The van der Waals surface area contributed by atoms with Crippen LogP contribution in [-0.2, 0) is 4.74 Å². The van der Waals surface area contributed by atoms with Crippen LogP contribution in [-0.4, -0.2) is 43.5 Å². The Morgan fingerprint density at radius 3 is 2.71 bits per heavy atom. The smallest absolute Gasteiger partial charge is 0.181 e. The zero-order valence-corrected chi connectivity index (χ0v) is 9.53. The van der Waals surface area contributed by atoms with E-state index >= 15 is 0 Å². The fourth-order valence-electron chi connectivity index (χ4n) is 1.46. The molecule has 0 amide bonds. The summed E-state index contributed by atoms with van der Waals surface area (Å²) >= 11 is 5.13. The number of hydrogen-bond donors (Lipinski definition) is 2. The molecule has 1 rings (SSSR count). The van der Waals surface area contributed by atoms with Crippen LogP contribution in [0.4, 0.5) is 0 Å². The van der Waals surface area contributed by atoms with Crippen LogP contribution in [0, 0.1) is 0 Å². The Morgan fingerprint density at radius 1 is 1.36 bits per heavy atom. The maximum absolute atomic E-state index is 5.13. The van der Waals surface area contributed by atoms with E-state index in [1.165, 1.54) is 19.3 Å². The standard InChI is InChI=1S/C9H19N3OS/c1-13-8-5-10-9(14)11-12-6-3-2-4-7-12/h2-8H2,1H3,(H2,10,11,14). The quantitative estimate of drug-likeness (QED) is 0.530. The lowest BCUT2D eigenvalue weighted by Gasteiger charge is -2.28. The summed E-state index contributed by atoms with van der Waals surface area (Å²) in [7, 11) is 1.68. The molecule has 2 N–H and O–H groups in total. The number of ether oxygens (including phenoxy) is 1. The molecule has 1 aliphatic rings. The van der Waals surface area contributed by atoms with Crippen molar-refractivity contribution in [3.63, 3.8) is 0 Å². The molecule has 0 aliphatic carbocycles. The second kappa shape index (κ2) is 6.98. The third kappa shape index (κ3) is 4.74. The van der Waals surface area contributed by atoms with Crippen molar-refractivity contribution in [3.8, 4) is 0 Å². The highest BCUT2D eigenvalue weighted by molar-refractivity contribution is 7.80. The Kier molecular flexibility index (Phi) is 5.82. The molecule has 0 saturated carbocycles. The van der Waals surface area contributed by atoms with Crippen LogP contribution in [0.3, 0.4) is 0 Å². The SMILES string of the molecule is COCCNC(=S)NN1CCCCC1. The lowest BCUT2D eigenvalue weighted by Crippen LogP contribution is -2.49. The van der Waals surface area contributed by atoms with Crippen molar-refractivity contribution in [1.82, 2.24) is 15.8 Å². The highest BCUT2D eigenvalue weighted by atomic mass is 32.1. The van der Waals surface area contributed by atoms with Crippen molar-refractivity contribution in [2.24, 2.45) is 0 Å². The average Bonchev–Trinajstić information content (AvgIpc) is 2.20. The Bertz CT molecular complexity index is 171. The van der Waals surface area contributed by atoms with E-state index in [1.807, 2.05) is 0 Å². The first-order chi connectivity index (χ1) is 6.83. The molecule has 82 valence electrons. The van der Waals surface area contributed by atoms with E-state index in [2.05, 4.69) is 15.8 Å². The molecule has 1 saturated heterocycles. The van der Waals surface area contributed by atoms with Gasteiger partial charge in [0.15, 0.2) is 5.11 Å². The lowest BCUT2D eigenvalue weighted by atomic mass is 10.2. The van der Waals surface area contributed by atoms with Crippen LogP contribution in [0.2, 0.25) is 0 Å². The van der Waals surface area contributed by atoms with Crippen LogP contribution in [0.15, 0.2) is 0 Å². The Hall–Kier alpha value is -0.390. The molecule has 0 unspecified atom stereocenters. The predicted octanol–water partition coefficient (Wildman–Crippen LogP) is 0.498. The van der Waals surface area contributed by atoms with Gasteiger partial charge in [-0.3, -0.25) is 5.43 Å². The lowest BCUT2D eigenvalue weighted by molar-refractivity contribution is 0.188. The summed E-state index contributed by atoms with van der Waals surface area (Å²) in [5.74, 6) is 0. The maximum atomic E-state index is 5.13. The molecule has 14 heavy (non-hydrogen) atoms. The first-order valence-electron chi connectivity index (χ1n) is 5.11. The van der Waals surface area contributed by atoms with Crippen molar-refractivity contribution < 1.29 is 4.74 Å². The number of piperidine rings is 1. The van der Waals surface area contributed by atoms with Crippen molar-refractivity contribution in [1.29, 1.82) is 0 Å². The van der Waals surface area contributed by atoms with Crippen LogP contribution in [0.25, 0.3) is 0 Å². The van der Waals surface area contributed by atoms with E-state index in [4.69, 9.17) is 17.0 Å². The molecule has 5 heteroatoms. The van der Waals surface area contributed by atoms with Gasteiger partial charge in [0.25, 0.3) is 0 Å². The molecule has 0 aromatic carbocycles. The summed E-state index contributed by atoms with van der Waals surface area (Å²) in [4.78, 5) is 0. The molecular formula is C9H19N3OS. The van der Waals surface area contributed by atoms with Gasteiger partial charge < -0.3 is 10.1 Å². The van der Waals surface area contributed by atoms with E-state index in [0.29, 0.717) is 11.7 Å². The Balaban J connectivity index is 2.06. The second-order valence-electron chi connectivity index (χ2n) is 3.41. The van der Waals surface area contributed by atoms with Crippen molar-refractivity contribution >= 4 is 17.3 Å². The molecule has 0 atom stereocenters. The zero-order chi connectivity index (χ0) is 10.2. The highest BCUT2D eigenvalue weighted by Gasteiger charge is 2.09. The van der Waals surface area contributed by atoms with Crippen LogP contribution >= 0.6 is 12.2 Å². The second-order valence-corrected chi connectivity index (χ2v) is 3.82. The summed E-state index contributed by atoms with van der Waals surface area (Å²) in [6.07, 6.45) is 3.85. The van der Waals surface area contributed by atoms with Crippen LogP contribution < -0.4 is 10.7 Å². The minimum atomic E-state index is 0.682. The first-order valence-corrected chi connectivity index (χ1v) is 5.52. The number of nitrogens with zero attached hydrogens (tertiary/aromatic N) is 1. The van der Waals surface area contributed by atoms with E-state index in [1.54, 1.807) is 7.11 Å². The maximum Gasteiger partial charge on any atom is 0.181 e. The van der Waals surface area contributed by atoms with Gasteiger partial charge in [-0.1, -0.05) is 6.42 Å². The minimum absolute atomic E-state index is 0.682. The van der Waals surface area contributed by atoms with Gasteiger partial charge in [0, 0.05) is 26.7 Å². The van der Waals surface area contributed by atoms with Crippen LogP contribution in [0.5, 0.6) is 0 Å². The van der Waals surface area contributed by atoms with E-state index in [-0.39, 0.29) is 0 Å². The van der Waals surface area contributed by atoms with E-state index in [9.17, 15) is 0 Å². The van der Waals surface area contributed by atoms with Gasteiger partial charge in [-0.05, 0) is 25.1 Å². The highest BCUT2D eigenvalue weighted by Crippen LogP contribution is 2.05. The number of thiocarbonyl (C=S) groups is 1. The molecular weight excluding hydrogens is 198 g/mol. The number of rotatable bonds is 4. The van der Waals surface area contributed by atoms with Crippen LogP contribution in [0.1, 0.15) is 19.3 Å². The minimum Gasteiger partial charge on any atom is -0.383 e. The van der Waals surface area contributed by atoms with Crippen molar-refractivity contribution in [2.45, 2.75) is 19.3 Å². The molecule has 1 aliphatic heterocycles. The van der Waals surface area contributed by atoms with Gasteiger partial charge in [-0.15, -0.1) is 0 Å². The fraction of sp³-hybridized carbons (Fsp3) is 0.889. The molecule has 0 bridgehead atoms. The summed E-state index contributed by atoms with van der Waals surface area (Å²) in [5.41, 5.74) is 3.18. The summed E-state index contributed by atoms with van der Waals surface area (Å²) in [5, 5.41) is 5.95. The largest absolute Gasteiger partial charge is 0.383 e. The summed E-state index contributed by atoms with van der Waals surface area (Å²) < 4.78 is 4.92. The van der Waals surface area contributed by atoms with Gasteiger partial charge in [0.1, 0.15) is 0 Å². The fourth-order valence-corrected chi connectivity index (χ4v) is 1.69. The summed E-state index contributed by atoms with van der Waals surface area (Å²) in [6.45, 7) is 3.62. The Morgan fingerprint density at radius 2 is 2.07 bits per heavy atom. The predicted molar refractivity (Wildman–Crippen MR) is 61.0 cm³/mol. The Labute approximate surface area is 91.0 Å². The number of hydrogen-bond acceptors (Lipinski definition) is 3. The number of hydrazine groups is 1. The molecule has 0 aromatic heterocycles.